The number of nitrogens with zero attached hydrogens (tertiary/aromatic N) is 1. The Morgan fingerprint density at radius 2 is 2.25 bits per heavy atom. The third-order valence-electron chi connectivity index (χ3n) is 1.88. The second-order valence-corrected chi connectivity index (χ2v) is 2.87. The minimum Gasteiger partial charge on any atom is -0.506 e. The van der Waals surface area contributed by atoms with E-state index in [4.69, 9.17) is 0 Å². The van der Waals surface area contributed by atoms with Crippen LogP contribution in [-0.4, -0.2) is 23.2 Å². The second-order valence-electron chi connectivity index (χ2n) is 2.87. The Morgan fingerprint density at radius 3 is 2.75 bits per heavy atom. The number of aromatic hydroxyl groups is 1. The molecule has 88 valence electrons. The molecule has 0 spiro atoms. The van der Waals surface area contributed by atoms with Crippen LogP contribution in [0, 0.1) is 5.82 Å². The highest BCUT2D eigenvalue weighted by atomic mass is 19.3. The second kappa shape index (κ2) is 4.82. The van der Waals surface area contributed by atoms with Crippen LogP contribution in [0.25, 0.3) is 0 Å². The number of halogens is 3. The van der Waals surface area contributed by atoms with Crippen LogP contribution in [0.4, 0.5) is 13.2 Å². The molecule has 0 bridgehead atoms. The van der Waals surface area contributed by atoms with Crippen molar-refractivity contribution in [3.63, 3.8) is 0 Å². The summed E-state index contributed by atoms with van der Waals surface area (Å²) in [6.07, 6.45) is -3.07. The third-order valence-corrected chi connectivity index (χ3v) is 1.88. The lowest BCUT2D eigenvalue weighted by atomic mass is 10.1. The fourth-order valence-electron chi connectivity index (χ4n) is 1.07. The zero-order valence-electron chi connectivity index (χ0n) is 8.21. The minimum atomic E-state index is -3.11. The molecule has 1 rings (SSSR count). The van der Waals surface area contributed by atoms with E-state index in [1.807, 2.05) is 0 Å². The Balaban J connectivity index is 3.16. The highest BCUT2D eigenvalue weighted by Crippen LogP contribution is 2.27. The van der Waals surface area contributed by atoms with E-state index in [9.17, 15) is 23.1 Å². The summed E-state index contributed by atoms with van der Waals surface area (Å²) in [4.78, 5) is 13.9. The molecule has 0 unspecified atom stereocenters. The predicted molar refractivity (Wildman–Crippen MR) is 46.5 cm³/mol. The predicted octanol–water partition coefficient (Wildman–Crippen LogP) is 1.58. The number of ether oxygens (including phenoxy) is 1. The Labute approximate surface area is 88.7 Å². The van der Waals surface area contributed by atoms with Crippen LogP contribution in [0.3, 0.4) is 0 Å². The van der Waals surface area contributed by atoms with Crippen molar-refractivity contribution in [3.8, 4) is 5.75 Å². The maximum atomic E-state index is 13.4. The molecule has 16 heavy (non-hydrogen) atoms. The number of hydrogen-bond donors (Lipinski definition) is 1. The van der Waals surface area contributed by atoms with Crippen LogP contribution in [0.15, 0.2) is 6.20 Å². The first-order valence-corrected chi connectivity index (χ1v) is 4.18. The molecule has 4 nitrogen and oxygen atoms in total. The van der Waals surface area contributed by atoms with Crippen molar-refractivity contribution in [2.24, 2.45) is 0 Å². The molecule has 0 fully saturated rings. The summed E-state index contributed by atoms with van der Waals surface area (Å²) >= 11 is 0. The molecule has 1 heterocycles. The topological polar surface area (TPSA) is 59.4 Å². The van der Waals surface area contributed by atoms with Crippen LogP contribution in [0.5, 0.6) is 5.75 Å². The Bertz CT molecular complexity index is 409. The molecule has 0 saturated carbocycles. The van der Waals surface area contributed by atoms with Gasteiger partial charge < -0.3 is 9.84 Å². The van der Waals surface area contributed by atoms with Gasteiger partial charge >= 0.3 is 5.97 Å². The number of methoxy groups -OCH3 is 1. The number of esters is 1. The number of carbonyl (C=O) groups excluding carboxylic acids is 1. The van der Waals surface area contributed by atoms with Gasteiger partial charge in [0.05, 0.1) is 19.7 Å². The van der Waals surface area contributed by atoms with Crippen molar-refractivity contribution in [2.45, 2.75) is 12.8 Å². The highest BCUT2D eigenvalue weighted by Gasteiger charge is 2.22. The largest absolute Gasteiger partial charge is 0.506 e. The molecule has 7 heteroatoms. The van der Waals surface area contributed by atoms with E-state index in [2.05, 4.69) is 9.72 Å². The van der Waals surface area contributed by atoms with Gasteiger partial charge in [0.15, 0.2) is 5.82 Å². The summed E-state index contributed by atoms with van der Waals surface area (Å²) in [6, 6.07) is 0. The molecule has 0 aliphatic rings. The van der Waals surface area contributed by atoms with Gasteiger partial charge in [0.1, 0.15) is 11.4 Å². The van der Waals surface area contributed by atoms with Gasteiger partial charge in [0.25, 0.3) is 6.43 Å². The van der Waals surface area contributed by atoms with Crippen molar-refractivity contribution >= 4 is 5.97 Å². The maximum absolute atomic E-state index is 13.4. The van der Waals surface area contributed by atoms with Crippen LogP contribution in [0.1, 0.15) is 17.7 Å². The van der Waals surface area contributed by atoms with Gasteiger partial charge in [0, 0.05) is 5.56 Å². The van der Waals surface area contributed by atoms with E-state index in [0.29, 0.717) is 6.20 Å². The van der Waals surface area contributed by atoms with E-state index in [0.717, 1.165) is 7.11 Å². The van der Waals surface area contributed by atoms with Crippen molar-refractivity contribution < 1.29 is 27.8 Å². The van der Waals surface area contributed by atoms with Crippen LogP contribution in [-0.2, 0) is 16.0 Å². The summed E-state index contributed by atoms with van der Waals surface area (Å²) in [6.45, 7) is 0. The fourth-order valence-corrected chi connectivity index (χ4v) is 1.07. The van der Waals surface area contributed by atoms with Crippen molar-refractivity contribution in [1.29, 1.82) is 0 Å². The zero-order chi connectivity index (χ0) is 12.3. The molecule has 1 aromatic rings. The lowest BCUT2D eigenvalue weighted by Crippen LogP contribution is -2.09. The summed E-state index contributed by atoms with van der Waals surface area (Å²) in [5.41, 5.74) is -1.64. The quantitative estimate of drug-likeness (QED) is 0.808. The van der Waals surface area contributed by atoms with Gasteiger partial charge in [-0.2, -0.15) is 0 Å². The molecular weight excluding hydrogens is 227 g/mol. The number of alkyl halides is 2. The first-order valence-electron chi connectivity index (χ1n) is 4.18. The van der Waals surface area contributed by atoms with Gasteiger partial charge in [-0.25, -0.2) is 18.2 Å². The summed E-state index contributed by atoms with van der Waals surface area (Å²) in [7, 11) is 1.06. The molecule has 0 aliphatic carbocycles. The minimum absolute atomic E-state index is 0.544. The molecule has 0 aliphatic heterocycles. The van der Waals surface area contributed by atoms with Gasteiger partial charge in [-0.15, -0.1) is 0 Å². The fraction of sp³-hybridized carbons (Fsp3) is 0.333. The highest BCUT2D eigenvalue weighted by molar-refractivity contribution is 5.73. The number of aromatic nitrogens is 1. The number of rotatable bonds is 3. The lowest BCUT2D eigenvalue weighted by molar-refractivity contribution is -0.139. The van der Waals surface area contributed by atoms with Crippen LogP contribution >= 0.6 is 0 Å². The first-order chi connectivity index (χ1) is 7.47. The first kappa shape index (κ1) is 12.3. The summed E-state index contributed by atoms with van der Waals surface area (Å²) in [5.74, 6) is -2.90. The number of hydrogen-bond acceptors (Lipinski definition) is 4. The van der Waals surface area contributed by atoms with Gasteiger partial charge in [-0.1, -0.05) is 0 Å². The summed E-state index contributed by atoms with van der Waals surface area (Å²) in [5, 5.41) is 9.19. The van der Waals surface area contributed by atoms with Crippen molar-refractivity contribution in [3.05, 3.63) is 23.3 Å². The van der Waals surface area contributed by atoms with Gasteiger partial charge in [0.2, 0.25) is 0 Å². The SMILES string of the molecule is COC(=O)Cc1c(O)cnc(C(F)F)c1F. The standard InChI is InChI=1S/C9H8F3NO3/c1-16-6(15)2-4-5(14)3-13-8(7(4)10)9(11)12/h3,9,14H,2H2,1H3. The van der Waals surface area contributed by atoms with E-state index < -0.39 is 41.6 Å². The molecule has 0 atom stereocenters. The van der Waals surface area contributed by atoms with E-state index in [-0.39, 0.29) is 0 Å². The zero-order valence-corrected chi connectivity index (χ0v) is 8.21. The van der Waals surface area contributed by atoms with Crippen LogP contribution < -0.4 is 0 Å². The van der Waals surface area contributed by atoms with Crippen LogP contribution in [0.2, 0.25) is 0 Å². The Hall–Kier alpha value is -1.79. The molecule has 0 aromatic carbocycles. The molecule has 0 saturated heterocycles. The van der Waals surface area contributed by atoms with Crippen molar-refractivity contribution in [1.82, 2.24) is 4.98 Å². The third kappa shape index (κ3) is 2.41. The molecule has 0 radical (unpaired) electrons. The monoisotopic (exact) mass is 235 g/mol. The average Bonchev–Trinajstić information content (AvgIpc) is 2.23. The summed E-state index contributed by atoms with van der Waals surface area (Å²) < 4.78 is 42.1. The van der Waals surface area contributed by atoms with Crippen molar-refractivity contribution in [2.75, 3.05) is 7.11 Å². The Kier molecular flexibility index (Phi) is 3.70. The average molecular weight is 235 g/mol. The van der Waals surface area contributed by atoms with Gasteiger partial charge in [-0.3, -0.25) is 4.79 Å². The lowest BCUT2D eigenvalue weighted by Gasteiger charge is -2.08. The van der Waals surface area contributed by atoms with E-state index in [1.165, 1.54) is 0 Å². The molecule has 1 N–H and O–H groups in total. The molecule has 1 aromatic heterocycles. The van der Waals surface area contributed by atoms with Gasteiger partial charge in [-0.05, 0) is 0 Å². The normalized spacial score (nSPS) is 10.6. The van der Waals surface area contributed by atoms with E-state index >= 15 is 0 Å². The van der Waals surface area contributed by atoms with E-state index in [1.54, 1.807) is 0 Å². The number of carbonyl (C=O) groups is 1. The maximum Gasteiger partial charge on any atom is 0.310 e. The number of pyridine rings is 1. The smallest absolute Gasteiger partial charge is 0.310 e. The molecule has 0 amide bonds. The Morgan fingerprint density at radius 1 is 1.62 bits per heavy atom. The molecular formula is C9H8F3NO3.